The first-order valence-corrected chi connectivity index (χ1v) is 9.85. The van der Waals surface area contributed by atoms with Crippen LogP contribution in [-0.2, 0) is 27.3 Å². The number of piperidine rings is 1. The lowest BCUT2D eigenvalue weighted by atomic mass is 9.94. The molecule has 7 nitrogen and oxygen atoms in total. The molecule has 1 aliphatic carbocycles. The predicted molar refractivity (Wildman–Crippen MR) is 103 cm³/mol. The van der Waals surface area contributed by atoms with Crippen LogP contribution in [0.3, 0.4) is 0 Å². The highest BCUT2D eigenvalue weighted by atomic mass is 35.5. The summed E-state index contributed by atoms with van der Waals surface area (Å²) < 4.78 is 5.12. The Bertz CT molecular complexity index is 765. The number of carbonyl (C=O) groups excluding carboxylic acids is 2. The van der Waals surface area contributed by atoms with Crippen LogP contribution < -0.4 is 0 Å². The van der Waals surface area contributed by atoms with Gasteiger partial charge in [-0.05, 0) is 36.5 Å². The molecule has 2 aliphatic rings. The Hall–Kier alpha value is -2.12. The molecule has 1 N–H and O–H groups in total. The quantitative estimate of drug-likeness (QED) is 0.700. The molecule has 2 amide bonds. The fourth-order valence-corrected chi connectivity index (χ4v) is 3.68. The van der Waals surface area contributed by atoms with Crippen LogP contribution >= 0.6 is 11.6 Å². The molecule has 0 radical (unpaired) electrons. The topological polar surface area (TPSA) is 87.2 Å². The highest BCUT2D eigenvalue weighted by Crippen LogP contribution is 2.32. The second kappa shape index (κ2) is 8.92. The summed E-state index contributed by atoms with van der Waals surface area (Å²) >= 11 is 6.36. The van der Waals surface area contributed by atoms with Crippen LogP contribution in [0.25, 0.3) is 0 Å². The van der Waals surface area contributed by atoms with Crippen LogP contribution in [0.4, 0.5) is 4.79 Å². The van der Waals surface area contributed by atoms with E-state index in [0.717, 1.165) is 35.3 Å². The standard InChI is InChI=1S/C20H25ClN2O5/c1-28-9-7-13-2-5-17(21)14(10-13)11-23(15-3-4-15)19(25)16-12-22(20(26)27)8-6-18(16)24/h2,5,10,15-16H,3-4,6-9,11-12H2,1H3,(H,26,27). The van der Waals surface area contributed by atoms with E-state index in [4.69, 9.17) is 16.3 Å². The number of hydrogen-bond donors (Lipinski definition) is 1. The number of likely N-dealkylation sites (tertiary alicyclic amines) is 1. The largest absolute Gasteiger partial charge is 0.465 e. The molecule has 152 valence electrons. The van der Waals surface area contributed by atoms with Crippen LogP contribution in [-0.4, -0.2) is 65.5 Å². The Morgan fingerprint density at radius 1 is 1.36 bits per heavy atom. The lowest BCUT2D eigenvalue weighted by Crippen LogP contribution is -2.50. The molecular weight excluding hydrogens is 384 g/mol. The number of rotatable bonds is 7. The van der Waals surface area contributed by atoms with Gasteiger partial charge in [0.1, 0.15) is 11.7 Å². The molecule has 3 rings (SSSR count). The number of hydrogen-bond acceptors (Lipinski definition) is 4. The zero-order chi connectivity index (χ0) is 20.3. The minimum atomic E-state index is -1.10. The monoisotopic (exact) mass is 408 g/mol. The molecule has 1 aromatic carbocycles. The number of halogens is 1. The van der Waals surface area contributed by atoms with E-state index in [-0.39, 0.29) is 37.2 Å². The number of benzene rings is 1. The zero-order valence-corrected chi connectivity index (χ0v) is 16.7. The maximum atomic E-state index is 13.2. The van der Waals surface area contributed by atoms with Gasteiger partial charge < -0.3 is 19.6 Å². The van der Waals surface area contributed by atoms with Gasteiger partial charge in [0.15, 0.2) is 0 Å². The van der Waals surface area contributed by atoms with E-state index in [1.165, 1.54) is 0 Å². The van der Waals surface area contributed by atoms with Crippen LogP contribution in [0.1, 0.15) is 30.4 Å². The Morgan fingerprint density at radius 2 is 2.11 bits per heavy atom. The van der Waals surface area contributed by atoms with E-state index < -0.39 is 12.0 Å². The number of carbonyl (C=O) groups is 3. The maximum Gasteiger partial charge on any atom is 0.407 e. The molecule has 1 atom stereocenters. The second-order valence-corrected chi connectivity index (χ2v) is 7.77. The molecule has 1 saturated heterocycles. The Kier molecular flexibility index (Phi) is 6.57. The van der Waals surface area contributed by atoms with Gasteiger partial charge in [-0.3, -0.25) is 9.59 Å². The van der Waals surface area contributed by atoms with Gasteiger partial charge in [0.2, 0.25) is 5.91 Å². The molecule has 0 spiro atoms. The number of ether oxygens (including phenoxy) is 1. The molecule has 0 aromatic heterocycles. The third kappa shape index (κ3) is 4.83. The highest BCUT2D eigenvalue weighted by molar-refractivity contribution is 6.31. The normalized spacial score (nSPS) is 19.6. The van der Waals surface area contributed by atoms with Crippen LogP contribution in [0, 0.1) is 5.92 Å². The molecule has 28 heavy (non-hydrogen) atoms. The van der Waals surface area contributed by atoms with Crippen molar-refractivity contribution in [1.82, 2.24) is 9.80 Å². The zero-order valence-electron chi connectivity index (χ0n) is 15.9. The van der Waals surface area contributed by atoms with Gasteiger partial charge in [-0.15, -0.1) is 0 Å². The highest BCUT2D eigenvalue weighted by Gasteiger charge is 2.41. The third-order valence-corrected chi connectivity index (χ3v) is 5.67. The Balaban J connectivity index is 1.77. The van der Waals surface area contributed by atoms with E-state index >= 15 is 0 Å². The minimum absolute atomic E-state index is 0.0716. The van der Waals surface area contributed by atoms with Crippen LogP contribution in [0.15, 0.2) is 18.2 Å². The van der Waals surface area contributed by atoms with E-state index in [2.05, 4.69) is 0 Å². The average molecular weight is 409 g/mol. The summed E-state index contributed by atoms with van der Waals surface area (Å²) in [5.41, 5.74) is 1.89. The van der Waals surface area contributed by atoms with Crippen molar-refractivity contribution in [3.63, 3.8) is 0 Å². The fraction of sp³-hybridized carbons (Fsp3) is 0.550. The number of amides is 2. The summed E-state index contributed by atoms with van der Waals surface area (Å²) in [6.45, 7) is 0.987. The number of carboxylic acid groups (broad SMARTS) is 1. The Labute approximate surface area is 169 Å². The Morgan fingerprint density at radius 3 is 2.75 bits per heavy atom. The van der Waals surface area contributed by atoms with Crippen molar-refractivity contribution in [2.45, 2.75) is 38.3 Å². The minimum Gasteiger partial charge on any atom is -0.465 e. The van der Waals surface area contributed by atoms with Crippen molar-refractivity contribution in [3.8, 4) is 0 Å². The van der Waals surface area contributed by atoms with Crippen LogP contribution in [0.2, 0.25) is 5.02 Å². The van der Waals surface area contributed by atoms with E-state index in [1.54, 1.807) is 12.0 Å². The summed E-state index contributed by atoms with van der Waals surface area (Å²) in [5.74, 6) is -1.41. The lowest BCUT2D eigenvalue weighted by Gasteiger charge is -2.33. The van der Waals surface area contributed by atoms with E-state index in [9.17, 15) is 19.5 Å². The first-order valence-electron chi connectivity index (χ1n) is 9.48. The maximum absolute atomic E-state index is 13.2. The van der Waals surface area contributed by atoms with E-state index in [1.807, 2.05) is 18.2 Å². The van der Waals surface area contributed by atoms with Gasteiger partial charge in [0.05, 0.1) is 6.61 Å². The van der Waals surface area contributed by atoms with Crippen molar-refractivity contribution in [1.29, 1.82) is 0 Å². The van der Waals surface area contributed by atoms with Crippen LogP contribution in [0.5, 0.6) is 0 Å². The summed E-state index contributed by atoms with van der Waals surface area (Å²) in [6, 6.07) is 5.80. The van der Waals surface area contributed by atoms with Crippen molar-refractivity contribution in [2.24, 2.45) is 5.92 Å². The molecule has 1 aliphatic heterocycles. The van der Waals surface area contributed by atoms with Gasteiger partial charge in [-0.1, -0.05) is 23.7 Å². The first-order chi connectivity index (χ1) is 13.4. The molecular formula is C20H25ClN2O5. The SMILES string of the molecule is COCCc1ccc(Cl)c(CN(C(=O)C2CN(C(=O)O)CCC2=O)C2CC2)c1. The summed E-state index contributed by atoms with van der Waals surface area (Å²) in [5, 5.41) is 9.79. The molecule has 1 saturated carbocycles. The molecule has 2 fully saturated rings. The van der Waals surface area contributed by atoms with Crippen molar-refractivity contribution in [2.75, 3.05) is 26.8 Å². The molecule has 8 heteroatoms. The number of ketones is 1. The van der Waals surface area contributed by atoms with Gasteiger partial charge in [-0.25, -0.2) is 4.79 Å². The van der Waals surface area contributed by atoms with Gasteiger partial charge in [0.25, 0.3) is 0 Å². The molecule has 1 unspecified atom stereocenters. The number of methoxy groups -OCH3 is 1. The van der Waals surface area contributed by atoms with Gasteiger partial charge in [0, 0.05) is 44.2 Å². The lowest BCUT2D eigenvalue weighted by molar-refractivity contribution is -0.144. The van der Waals surface area contributed by atoms with Crippen molar-refractivity contribution >= 4 is 29.4 Å². The second-order valence-electron chi connectivity index (χ2n) is 7.36. The van der Waals surface area contributed by atoms with Gasteiger partial charge >= 0.3 is 6.09 Å². The third-order valence-electron chi connectivity index (χ3n) is 5.30. The number of nitrogens with zero attached hydrogens (tertiary/aromatic N) is 2. The summed E-state index contributed by atoms with van der Waals surface area (Å²) in [4.78, 5) is 39.6. The molecule has 1 heterocycles. The van der Waals surface area contributed by atoms with E-state index in [0.29, 0.717) is 18.2 Å². The molecule has 1 aromatic rings. The average Bonchev–Trinajstić information content (AvgIpc) is 3.51. The summed E-state index contributed by atoms with van der Waals surface area (Å²) in [7, 11) is 1.64. The first kappa shape index (κ1) is 20.6. The van der Waals surface area contributed by atoms with Crippen molar-refractivity contribution in [3.05, 3.63) is 34.3 Å². The summed E-state index contributed by atoms with van der Waals surface area (Å²) in [6.07, 6.45) is 1.49. The van der Waals surface area contributed by atoms with Crippen molar-refractivity contribution < 1.29 is 24.2 Å². The fourth-order valence-electron chi connectivity index (χ4n) is 3.50. The smallest absolute Gasteiger partial charge is 0.407 e. The molecule has 0 bridgehead atoms. The number of Topliss-reactive ketones (excluding diaryl/α,β-unsaturated/α-hetero) is 1. The van der Waals surface area contributed by atoms with Gasteiger partial charge in [-0.2, -0.15) is 0 Å². The predicted octanol–water partition coefficient (Wildman–Crippen LogP) is 2.59.